The first-order valence-corrected chi connectivity index (χ1v) is 3.47. The second-order valence-electron chi connectivity index (χ2n) is 2.67. The van der Waals surface area contributed by atoms with E-state index in [2.05, 4.69) is 0 Å². The predicted molar refractivity (Wildman–Crippen MR) is 40.3 cm³/mol. The van der Waals surface area contributed by atoms with Gasteiger partial charge < -0.3 is 5.41 Å². The maximum Gasteiger partial charge on any atom is 0.152 e. The summed E-state index contributed by atoms with van der Waals surface area (Å²) in [5.74, 6) is 0.473. The van der Waals surface area contributed by atoms with Crippen LogP contribution in [0.1, 0.15) is 19.8 Å². The first kappa shape index (κ1) is 7.19. The zero-order valence-corrected chi connectivity index (χ0v) is 6.05. The molecule has 0 bridgehead atoms. The van der Waals surface area contributed by atoms with Gasteiger partial charge in [0.15, 0.2) is 5.78 Å². The molecule has 1 saturated carbocycles. The summed E-state index contributed by atoms with van der Waals surface area (Å²) in [7, 11) is 0. The van der Waals surface area contributed by atoms with Crippen LogP contribution in [0.4, 0.5) is 0 Å². The number of nitrogens with one attached hydrogen (secondary N) is 1. The Bertz CT molecular complexity index is 189. The third kappa shape index (κ3) is 2.13. The van der Waals surface area contributed by atoms with E-state index in [1.807, 2.05) is 0 Å². The molecule has 1 aliphatic carbocycles. The molecule has 0 heterocycles. The monoisotopic (exact) mass is 137 g/mol. The zero-order chi connectivity index (χ0) is 7.56. The molecule has 1 aliphatic rings. The third-order valence-electron chi connectivity index (χ3n) is 1.51. The van der Waals surface area contributed by atoms with Gasteiger partial charge in [-0.05, 0) is 31.9 Å². The fourth-order valence-electron chi connectivity index (χ4n) is 0.738. The molecule has 0 amide bonds. The summed E-state index contributed by atoms with van der Waals surface area (Å²) in [5.41, 5.74) is 0.607. The SMILES string of the molecule is CC(=O)/C=C/C(=N)C1CC1. The van der Waals surface area contributed by atoms with Gasteiger partial charge in [-0.3, -0.25) is 4.79 Å². The molecule has 0 aliphatic heterocycles. The van der Waals surface area contributed by atoms with E-state index in [-0.39, 0.29) is 5.78 Å². The summed E-state index contributed by atoms with van der Waals surface area (Å²) >= 11 is 0. The lowest BCUT2D eigenvalue weighted by molar-refractivity contribution is -0.112. The molecule has 1 rings (SSSR count). The fourth-order valence-corrected chi connectivity index (χ4v) is 0.738. The van der Waals surface area contributed by atoms with E-state index in [4.69, 9.17) is 5.41 Å². The topological polar surface area (TPSA) is 40.9 Å². The number of carbonyl (C=O) groups excluding carboxylic acids is 1. The van der Waals surface area contributed by atoms with Gasteiger partial charge in [-0.25, -0.2) is 0 Å². The Balaban J connectivity index is 2.36. The van der Waals surface area contributed by atoms with Gasteiger partial charge in [0.2, 0.25) is 0 Å². The highest BCUT2D eigenvalue weighted by atomic mass is 16.1. The highest BCUT2D eigenvalue weighted by molar-refractivity contribution is 6.01. The Labute approximate surface area is 60.4 Å². The molecule has 0 unspecified atom stereocenters. The van der Waals surface area contributed by atoms with Crippen molar-refractivity contribution in [1.29, 1.82) is 5.41 Å². The van der Waals surface area contributed by atoms with Crippen molar-refractivity contribution in [3.63, 3.8) is 0 Å². The molecule has 54 valence electrons. The highest BCUT2D eigenvalue weighted by Gasteiger charge is 2.24. The van der Waals surface area contributed by atoms with Crippen LogP contribution in [-0.4, -0.2) is 11.5 Å². The predicted octanol–water partition coefficient (Wildman–Crippen LogP) is 1.56. The van der Waals surface area contributed by atoms with Gasteiger partial charge >= 0.3 is 0 Å². The van der Waals surface area contributed by atoms with E-state index >= 15 is 0 Å². The summed E-state index contributed by atoms with van der Waals surface area (Å²) in [6.45, 7) is 1.50. The third-order valence-corrected chi connectivity index (χ3v) is 1.51. The number of rotatable bonds is 3. The summed E-state index contributed by atoms with van der Waals surface area (Å²) in [6, 6.07) is 0. The number of carbonyl (C=O) groups is 1. The zero-order valence-electron chi connectivity index (χ0n) is 6.05. The molecule has 10 heavy (non-hydrogen) atoms. The smallest absolute Gasteiger partial charge is 0.152 e. The number of ketones is 1. The van der Waals surface area contributed by atoms with E-state index in [0.29, 0.717) is 11.6 Å². The van der Waals surface area contributed by atoms with Crippen molar-refractivity contribution in [1.82, 2.24) is 0 Å². The van der Waals surface area contributed by atoms with Crippen LogP contribution in [0.25, 0.3) is 0 Å². The van der Waals surface area contributed by atoms with Crippen molar-refractivity contribution in [2.24, 2.45) is 5.92 Å². The molecule has 1 fully saturated rings. The lowest BCUT2D eigenvalue weighted by Crippen LogP contribution is -1.94. The molecule has 2 heteroatoms. The van der Waals surface area contributed by atoms with Gasteiger partial charge in [-0.1, -0.05) is 0 Å². The average molecular weight is 137 g/mol. The maximum absolute atomic E-state index is 10.4. The van der Waals surface area contributed by atoms with Crippen LogP contribution in [0.5, 0.6) is 0 Å². The Hall–Kier alpha value is -0.920. The number of hydrogen-bond acceptors (Lipinski definition) is 2. The van der Waals surface area contributed by atoms with E-state index < -0.39 is 0 Å². The van der Waals surface area contributed by atoms with Crippen molar-refractivity contribution in [3.8, 4) is 0 Å². The second-order valence-corrected chi connectivity index (χ2v) is 2.67. The molecule has 0 radical (unpaired) electrons. The lowest BCUT2D eigenvalue weighted by atomic mass is 10.2. The summed E-state index contributed by atoms with van der Waals surface area (Å²) in [5, 5.41) is 7.36. The molecule has 0 spiro atoms. The van der Waals surface area contributed by atoms with Crippen LogP contribution in [-0.2, 0) is 4.79 Å². The normalized spacial score (nSPS) is 17.7. The van der Waals surface area contributed by atoms with Crippen LogP contribution in [0.2, 0.25) is 0 Å². The van der Waals surface area contributed by atoms with Crippen molar-refractivity contribution >= 4 is 11.5 Å². The minimum absolute atomic E-state index is 0.0189. The lowest BCUT2D eigenvalue weighted by Gasteiger charge is -1.88. The van der Waals surface area contributed by atoms with E-state index in [0.717, 1.165) is 12.8 Å². The van der Waals surface area contributed by atoms with E-state index in [1.54, 1.807) is 6.08 Å². The number of hydrogen-bond donors (Lipinski definition) is 1. The van der Waals surface area contributed by atoms with Gasteiger partial charge in [0.25, 0.3) is 0 Å². The van der Waals surface area contributed by atoms with E-state index in [9.17, 15) is 4.79 Å². The fraction of sp³-hybridized carbons (Fsp3) is 0.500. The molecule has 2 nitrogen and oxygen atoms in total. The molecule has 0 atom stereocenters. The van der Waals surface area contributed by atoms with Gasteiger partial charge in [-0.15, -0.1) is 0 Å². The second kappa shape index (κ2) is 2.78. The van der Waals surface area contributed by atoms with Crippen LogP contribution < -0.4 is 0 Å². The van der Waals surface area contributed by atoms with Gasteiger partial charge in [0, 0.05) is 11.6 Å². The van der Waals surface area contributed by atoms with Crippen molar-refractivity contribution in [2.75, 3.05) is 0 Å². The van der Waals surface area contributed by atoms with Crippen LogP contribution in [0.15, 0.2) is 12.2 Å². The Morgan fingerprint density at radius 1 is 1.50 bits per heavy atom. The van der Waals surface area contributed by atoms with Crippen molar-refractivity contribution in [3.05, 3.63) is 12.2 Å². The highest BCUT2D eigenvalue weighted by Crippen LogP contribution is 2.30. The molecular formula is C8H11NO. The molecule has 0 aromatic heterocycles. The summed E-state index contributed by atoms with van der Waals surface area (Å²) in [4.78, 5) is 10.4. The van der Waals surface area contributed by atoms with Crippen LogP contribution >= 0.6 is 0 Å². The molecule has 0 saturated heterocycles. The van der Waals surface area contributed by atoms with Crippen LogP contribution in [0.3, 0.4) is 0 Å². The minimum Gasteiger partial charge on any atom is -0.305 e. The summed E-state index contributed by atoms with van der Waals surface area (Å²) < 4.78 is 0. The maximum atomic E-state index is 10.4. The van der Waals surface area contributed by atoms with Gasteiger partial charge in [0.1, 0.15) is 0 Å². The minimum atomic E-state index is 0.0189. The van der Waals surface area contributed by atoms with Crippen molar-refractivity contribution < 1.29 is 4.79 Å². The molecular weight excluding hydrogens is 126 g/mol. The Morgan fingerprint density at radius 3 is 2.50 bits per heavy atom. The largest absolute Gasteiger partial charge is 0.305 e. The summed E-state index contributed by atoms with van der Waals surface area (Å²) in [6.07, 6.45) is 5.32. The van der Waals surface area contributed by atoms with Gasteiger partial charge in [-0.2, -0.15) is 0 Å². The standard InChI is InChI=1S/C8H11NO/c1-6(10)2-5-8(9)7-3-4-7/h2,5,7,9H,3-4H2,1H3/b5-2+,9-8?. The van der Waals surface area contributed by atoms with Gasteiger partial charge in [0.05, 0.1) is 0 Å². The molecule has 0 aromatic carbocycles. The number of allylic oxidation sites excluding steroid dienone is 2. The van der Waals surface area contributed by atoms with E-state index in [1.165, 1.54) is 13.0 Å². The molecule has 1 N–H and O–H groups in total. The van der Waals surface area contributed by atoms with Crippen molar-refractivity contribution in [2.45, 2.75) is 19.8 Å². The first-order chi connectivity index (χ1) is 4.70. The Kier molecular flexibility index (Phi) is 2.00. The first-order valence-electron chi connectivity index (χ1n) is 3.47. The van der Waals surface area contributed by atoms with Crippen LogP contribution in [0, 0.1) is 11.3 Å². The Morgan fingerprint density at radius 2 is 2.10 bits per heavy atom. The average Bonchev–Trinajstić information content (AvgIpc) is 2.63. The quantitative estimate of drug-likeness (QED) is 0.465. The molecule has 0 aromatic rings.